The molecule has 1 aliphatic carbocycles. The Bertz CT molecular complexity index is 1160. The third-order valence-corrected chi connectivity index (χ3v) is 7.27. The van der Waals surface area contributed by atoms with Gasteiger partial charge >= 0.3 is 5.97 Å². The maximum atomic E-state index is 13.0. The topological polar surface area (TPSA) is 151 Å². The number of amides is 2. The van der Waals surface area contributed by atoms with Crippen molar-refractivity contribution in [3.8, 4) is 0 Å². The Kier molecular flexibility index (Phi) is 8.43. The highest BCUT2D eigenvalue weighted by atomic mass is 16.4. The average Bonchev–Trinajstić information content (AvgIpc) is 3.41. The van der Waals surface area contributed by atoms with Gasteiger partial charge in [0.05, 0.1) is 12.3 Å². The lowest BCUT2D eigenvalue weighted by Gasteiger charge is -2.25. The van der Waals surface area contributed by atoms with Crippen LogP contribution in [0.5, 0.6) is 0 Å². The molecule has 1 saturated heterocycles. The summed E-state index contributed by atoms with van der Waals surface area (Å²) in [5, 5.41) is 12.2. The van der Waals surface area contributed by atoms with Crippen molar-refractivity contribution in [3.05, 3.63) is 70.8 Å². The number of carbonyl (C=O) groups excluding carboxylic acids is 2. The van der Waals surface area contributed by atoms with Crippen molar-refractivity contribution in [3.63, 3.8) is 0 Å². The summed E-state index contributed by atoms with van der Waals surface area (Å²) in [5.74, 6) is -1.48. The van der Waals surface area contributed by atoms with E-state index >= 15 is 0 Å². The normalized spacial score (nSPS) is 20.5. The Morgan fingerprint density at radius 3 is 2.57 bits per heavy atom. The quantitative estimate of drug-likeness (QED) is 0.270. The van der Waals surface area contributed by atoms with Crippen LogP contribution in [0.4, 0.5) is 0 Å². The molecule has 0 radical (unpaired) electrons. The van der Waals surface area contributed by atoms with Crippen LogP contribution in [0.1, 0.15) is 46.3 Å². The van der Waals surface area contributed by atoms with E-state index in [1.165, 1.54) is 11.1 Å². The molecule has 6 N–H and O–H groups in total. The number of aliphatic imine (C=N–C) groups is 1. The number of rotatable bonds is 11. The van der Waals surface area contributed by atoms with Crippen molar-refractivity contribution in [1.29, 1.82) is 0 Å². The fraction of sp³-hybridized carbons (Fsp3) is 0.429. The smallest absolute Gasteiger partial charge is 0.304 e. The van der Waals surface area contributed by atoms with Crippen molar-refractivity contribution in [2.75, 3.05) is 19.6 Å². The van der Waals surface area contributed by atoms with E-state index in [9.17, 15) is 19.5 Å². The molecule has 1 unspecified atom stereocenters. The van der Waals surface area contributed by atoms with Crippen molar-refractivity contribution < 1.29 is 19.5 Å². The van der Waals surface area contributed by atoms with Gasteiger partial charge in [0.1, 0.15) is 0 Å². The van der Waals surface area contributed by atoms with Gasteiger partial charge in [-0.3, -0.25) is 19.4 Å². The lowest BCUT2D eigenvalue weighted by molar-refractivity contribution is -0.142. The Labute approximate surface area is 216 Å². The first-order valence-electron chi connectivity index (χ1n) is 12.8. The van der Waals surface area contributed by atoms with Gasteiger partial charge in [-0.1, -0.05) is 36.4 Å². The summed E-state index contributed by atoms with van der Waals surface area (Å²) in [6, 6.07) is 15.5. The Morgan fingerprint density at radius 2 is 1.84 bits per heavy atom. The molecule has 0 saturated carbocycles. The van der Waals surface area contributed by atoms with Crippen LogP contribution in [0.25, 0.3) is 0 Å². The monoisotopic (exact) mass is 505 g/mol. The summed E-state index contributed by atoms with van der Waals surface area (Å²) in [6.45, 7) is 1.38. The predicted molar refractivity (Wildman–Crippen MR) is 141 cm³/mol. The van der Waals surface area contributed by atoms with Gasteiger partial charge in [-0.15, -0.1) is 0 Å². The van der Waals surface area contributed by atoms with E-state index in [0.717, 1.165) is 31.2 Å². The van der Waals surface area contributed by atoms with Gasteiger partial charge in [-0.05, 0) is 66.8 Å². The SMILES string of the molecule is NC(N)=NCC1Cc2ccc(C(=O)NC[C@@H]3C[C@@H](CC(=O)O)C(=O)N3CCCc3ccccc3)cc2C1. The molecular formula is C28H35N5O4. The standard InChI is InChI=1S/C28H35N5O4/c29-28(30)32-16-19-11-20-8-9-21(13-22(20)12-19)26(36)31-17-24-14-23(15-25(34)35)27(37)33(24)10-4-7-18-5-2-1-3-6-18/h1-3,5-6,8-9,13,19,23-24H,4,7,10-12,14-17H2,(H,31,36)(H,34,35)(H4,29,30,32)/t19?,23-,24-/m0/s1. The van der Waals surface area contributed by atoms with Crippen molar-refractivity contribution in [1.82, 2.24) is 10.2 Å². The van der Waals surface area contributed by atoms with Crippen LogP contribution in [-0.2, 0) is 28.9 Å². The molecule has 1 heterocycles. The Balaban J connectivity index is 1.35. The molecule has 2 amide bonds. The summed E-state index contributed by atoms with van der Waals surface area (Å²) >= 11 is 0. The summed E-state index contributed by atoms with van der Waals surface area (Å²) in [4.78, 5) is 43.1. The van der Waals surface area contributed by atoms with Gasteiger partial charge in [0.25, 0.3) is 5.91 Å². The second-order valence-corrected chi connectivity index (χ2v) is 10.0. The first kappa shape index (κ1) is 26.2. The Morgan fingerprint density at radius 1 is 1.08 bits per heavy atom. The number of hydrogen-bond donors (Lipinski definition) is 4. The minimum atomic E-state index is -0.983. The van der Waals surface area contributed by atoms with E-state index in [1.54, 1.807) is 4.90 Å². The van der Waals surface area contributed by atoms with Crippen molar-refractivity contribution >= 4 is 23.7 Å². The number of benzene rings is 2. The maximum absolute atomic E-state index is 13.0. The molecule has 9 heteroatoms. The molecule has 2 aromatic rings. The van der Waals surface area contributed by atoms with Crippen molar-refractivity contribution in [2.24, 2.45) is 28.3 Å². The fourth-order valence-corrected chi connectivity index (χ4v) is 5.46. The average molecular weight is 506 g/mol. The zero-order valence-electron chi connectivity index (χ0n) is 20.9. The number of aliphatic carboxylic acids is 1. The zero-order valence-corrected chi connectivity index (χ0v) is 20.9. The van der Waals surface area contributed by atoms with E-state index in [4.69, 9.17) is 11.5 Å². The zero-order chi connectivity index (χ0) is 26.4. The molecular weight excluding hydrogens is 470 g/mol. The number of guanidine groups is 1. The predicted octanol–water partition coefficient (Wildman–Crippen LogP) is 1.73. The number of aryl methyl sites for hydroxylation is 1. The van der Waals surface area contributed by atoms with Crippen LogP contribution in [0, 0.1) is 11.8 Å². The molecule has 1 fully saturated rings. The van der Waals surface area contributed by atoms with Crippen molar-refractivity contribution in [2.45, 2.75) is 44.6 Å². The van der Waals surface area contributed by atoms with Crippen LogP contribution in [0.2, 0.25) is 0 Å². The second kappa shape index (κ2) is 11.9. The number of nitrogens with one attached hydrogen (secondary N) is 1. The van der Waals surface area contributed by atoms with E-state index < -0.39 is 11.9 Å². The van der Waals surface area contributed by atoms with E-state index in [0.29, 0.717) is 31.0 Å². The molecule has 196 valence electrons. The summed E-state index contributed by atoms with van der Waals surface area (Å²) in [7, 11) is 0. The van der Waals surface area contributed by atoms with E-state index in [-0.39, 0.29) is 36.8 Å². The first-order chi connectivity index (χ1) is 17.8. The number of nitrogens with two attached hydrogens (primary N) is 2. The number of nitrogens with zero attached hydrogens (tertiary/aromatic N) is 2. The highest BCUT2D eigenvalue weighted by Gasteiger charge is 2.40. The first-order valence-corrected chi connectivity index (χ1v) is 12.8. The third-order valence-electron chi connectivity index (χ3n) is 7.27. The van der Waals surface area contributed by atoms with Gasteiger partial charge in [0.15, 0.2) is 5.96 Å². The number of likely N-dealkylation sites (tertiary alicyclic amines) is 1. The number of carbonyl (C=O) groups is 3. The summed E-state index contributed by atoms with van der Waals surface area (Å²) < 4.78 is 0. The summed E-state index contributed by atoms with van der Waals surface area (Å²) in [5.41, 5.74) is 15.0. The van der Waals surface area contributed by atoms with Crippen LogP contribution in [0.3, 0.4) is 0 Å². The highest BCUT2D eigenvalue weighted by Crippen LogP contribution is 2.29. The van der Waals surface area contributed by atoms with E-state index in [1.807, 2.05) is 36.4 Å². The largest absolute Gasteiger partial charge is 0.481 e. The molecule has 9 nitrogen and oxygen atoms in total. The summed E-state index contributed by atoms with van der Waals surface area (Å²) in [6.07, 6.45) is 3.52. The molecule has 0 bridgehead atoms. The molecule has 3 atom stereocenters. The lowest BCUT2D eigenvalue weighted by atomic mass is 10.0. The molecule has 37 heavy (non-hydrogen) atoms. The second-order valence-electron chi connectivity index (χ2n) is 10.0. The number of carboxylic acids is 1. The van der Waals surface area contributed by atoms with E-state index in [2.05, 4.69) is 22.4 Å². The molecule has 2 aromatic carbocycles. The van der Waals surface area contributed by atoms with Crippen LogP contribution >= 0.6 is 0 Å². The number of carboxylic acid groups (broad SMARTS) is 1. The van der Waals surface area contributed by atoms with Gasteiger partial charge in [-0.25, -0.2) is 0 Å². The van der Waals surface area contributed by atoms with Gasteiger partial charge < -0.3 is 26.8 Å². The molecule has 2 aliphatic rings. The van der Waals surface area contributed by atoms with Crippen LogP contribution in [-0.4, -0.2) is 59.4 Å². The minimum absolute atomic E-state index is 0.0844. The van der Waals surface area contributed by atoms with Gasteiger partial charge in [0.2, 0.25) is 5.91 Å². The van der Waals surface area contributed by atoms with Crippen LogP contribution < -0.4 is 16.8 Å². The van der Waals surface area contributed by atoms with Gasteiger partial charge in [0, 0.05) is 31.2 Å². The number of hydrogen-bond acceptors (Lipinski definition) is 4. The van der Waals surface area contributed by atoms with Gasteiger partial charge in [-0.2, -0.15) is 0 Å². The molecule has 4 rings (SSSR count). The lowest BCUT2D eigenvalue weighted by Crippen LogP contribution is -2.42. The molecule has 0 aromatic heterocycles. The number of fused-ring (bicyclic) bond motifs is 1. The molecule has 1 aliphatic heterocycles. The Hall–Kier alpha value is -3.88. The fourth-order valence-electron chi connectivity index (χ4n) is 5.46. The minimum Gasteiger partial charge on any atom is -0.481 e. The maximum Gasteiger partial charge on any atom is 0.304 e. The highest BCUT2D eigenvalue weighted by molar-refractivity contribution is 5.94. The van der Waals surface area contributed by atoms with Crippen LogP contribution in [0.15, 0.2) is 53.5 Å². The third kappa shape index (κ3) is 6.87. The molecule has 0 spiro atoms.